The maximum atomic E-state index is 11.7. The minimum Gasteiger partial charge on any atom is -0.492 e. The van der Waals surface area contributed by atoms with Gasteiger partial charge in [-0.05, 0) is 154 Å². The second-order valence-electron chi connectivity index (χ2n) is 24.1. The molecule has 0 aromatic heterocycles. The molecule has 86 heavy (non-hydrogen) atoms. The Morgan fingerprint density at radius 1 is 0.465 bits per heavy atom. The van der Waals surface area contributed by atoms with Crippen LogP contribution in [0.2, 0.25) is 0 Å². The molecule has 8 aromatic carbocycles. The number of hydrogen-bond acceptors (Lipinski definition) is 11. The number of benzene rings is 8. The maximum absolute atomic E-state index is 11.7. The van der Waals surface area contributed by atoms with Gasteiger partial charge in [0.2, 0.25) is 13.6 Å². The summed E-state index contributed by atoms with van der Waals surface area (Å²) >= 11 is 3.92. The van der Waals surface area contributed by atoms with Gasteiger partial charge in [-0.15, -0.1) is 0 Å². The summed E-state index contributed by atoms with van der Waals surface area (Å²) in [4.78, 5) is 0. The van der Waals surface area contributed by atoms with Crippen LogP contribution < -0.4 is 28.4 Å². The summed E-state index contributed by atoms with van der Waals surface area (Å²) in [5.41, 5.74) is 12.4. The number of thioether (sulfide) groups is 2. The number of hydrogen-bond donors (Lipinski definition) is 1. The predicted octanol–water partition coefficient (Wildman–Crippen LogP) is 16.0. The van der Waals surface area contributed by atoms with Gasteiger partial charge in [-0.2, -0.15) is 23.5 Å². The van der Waals surface area contributed by atoms with Crippen LogP contribution >= 0.6 is 23.5 Å². The first-order valence-electron chi connectivity index (χ1n) is 31.0. The molecule has 4 heterocycles. The van der Waals surface area contributed by atoms with Crippen molar-refractivity contribution in [3.05, 3.63) is 249 Å². The first kappa shape index (κ1) is 56.9. The van der Waals surface area contributed by atoms with Gasteiger partial charge in [-0.25, -0.2) is 0 Å². The van der Waals surface area contributed by atoms with Gasteiger partial charge in [0.25, 0.3) is 0 Å². The van der Waals surface area contributed by atoms with E-state index in [0.29, 0.717) is 16.2 Å². The van der Waals surface area contributed by atoms with Crippen LogP contribution in [-0.2, 0) is 31.5 Å². The van der Waals surface area contributed by atoms with Crippen molar-refractivity contribution in [2.24, 2.45) is 0 Å². The molecule has 0 amide bonds. The fourth-order valence-electron chi connectivity index (χ4n) is 14.6. The van der Waals surface area contributed by atoms with Crippen LogP contribution in [0.5, 0.6) is 34.5 Å². The molecule has 7 atom stereocenters. The van der Waals surface area contributed by atoms with Gasteiger partial charge >= 0.3 is 0 Å². The van der Waals surface area contributed by atoms with Gasteiger partial charge in [0, 0.05) is 44.7 Å². The average Bonchev–Trinajstić information content (AvgIpc) is 1.63. The Hall–Kier alpha value is -6.86. The summed E-state index contributed by atoms with van der Waals surface area (Å²) in [6, 6.07) is 66.2. The highest BCUT2D eigenvalue weighted by Crippen LogP contribution is 2.61. The molecular formula is C75H76O9S2. The number of aliphatic hydroxyl groups is 1. The van der Waals surface area contributed by atoms with E-state index >= 15 is 0 Å². The Morgan fingerprint density at radius 2 is 0.849 bits per heavy atom. The lowest BCUT2D eigenvalue weighted by molar-refractivity contribution is -0.0961. The lowest BCUT2D eigenvalue weighted by Gasteiger charge is -2.36. The van der Waals surface area contributed by atoms with Gasteiger partial charge in [-0.1, -0.05) is 161 Å². The van der Waals surface area contributed by atoms with E-state index in [1.165, 1.54) is 61.4 Å². The van der Waals surface area contributed by atoms with E-state index in [-0.39, 0.29) is 44.2 Å². The van der Waals surface area contributed by atoms with Crippen molar-refractivity contribution in [2.75, 3.05) is 51.5 Å². The molecule has 14 rings (SSSR count). The first-order chi connectivity index (χ1) is 42.2. The zero-order valence-corrected chi connectivity index (χ0v) is 51.3. The second kappa shape index (κ2) is 23.7. The number of aliphatic hydroxyl groups excluding tert-OH is 1. The smallest absolute Gasteiger partial charge is 0.231 e. The molecule has 2 fully saturated rings. The maximum Gasteiger partial charge on any atom is 0.231 e. The molecule has 9 nitrogen and oxygen atoms in total. The largest absolute Gasteiger partial charge is 0.492 e. The van der Waals surface area contributed by atoms with E-state index in [9.17, 15) is 5.11 Å². The molecule has 7 unspecified atom stereocenters. The number of fused-ring (bicyclic) bond motifs is 4. The van der Waals surface area contributed by atoms with E-state index in [4.69, 9.17) is 37.9 Å². The molecule has 0 bridgehead atoms. The zero-order valence-electron chi connectivity index (χ0n) is 49.6. The Labute approximate surface area is 515 Å². The number of rotatable bonds is 24. The topological polar surface area (TPSA) is 94.1 Å². The van der Waals surface area contributed by atoms with E-state index in [0.717, 1.165) is 97.4 Å². The normalized spacial score (nSPS) is 22.5. The Kier molecular flexibility index (Phi) is 15.7. The van der Waals surface area contributed by atoms with Crippen LogP contribution in [0.3, 0.4) is 0 Å². The molecule has 0 spiro atoms. The number of ether oxygens (including phenoxy) is 8. The summed E-state index contributed by atoms with van der Waals surface area (Å²) in [6.07, 6.45) is 4.00. The van der Waals surface area contributed by atoms with E-state index in [2.05, 4.69) is 210 Å². The lowest BCUT2D eigenvalue weighted by atomic mass is 9.69. The highest BCUT2D eigenvalue weighted by molar-refractivity contribution is 8.07. The summed E-state index contributed by atoms with van der Waals surface area (Å²) in [5.74, 6) is 7.25. The van der Waals surface area contributed by atoms with E-state index in [1.54, 1.807) is 0 Å². The van der Waals surface area contributed by atoms with Crippen molar-refractivity contribution in [3.8, 4) is 34.5 Å². The summed E-state index contributed by atoms with van der Waals surface area (Å²) in [7, 11) is 0. The highest BCUT2D eigenvalue weighted by atomic mass is 32.2. The second-order valence-corrected chi connectivity index (χ2v) is 26.8. The Balaban J connectivity index is 0.723. The van der Waals surface area contributed by atoms with Gasteiger partial charge in [0.05, 0.1) is 24.4 Å². The molecule has 8 aromatic rings. The van der Waals surface area contributed by atoms with E-state index in [1.807, 2.05) is 23.5 Å². The van der Waals surface area contributed by atoms with Gasteiger partial charge in [0.1, 0.15) is 30.8 Å². The molecule has 6 aliphatic rings. The van der Waals surface area contributed by atoms with Crippen LogP contribution in [0, 0.1) is 0 Å². The fourth-order valence-corrected chi connectivity index (χ4v) is 15.4. The lowest BCUT2D eigenvalue weighted by Crippen LogP contribution is -2.34. The van der Waals surface area contributed by atoms with Crippen molar-refractivity contribution in [2.45, 2.75) is 117 Å². The van der Waals surface area contributed by atoms with Crippen molar-refractivity contribution >= 4 is 23.5 Å². The van der Waals surface area contributed by atoms with Crippen molar-refractivity contribution < 1.29 is 43.0 Å². The summed E-state index contributed by atoms with van der Waals surface area (Å²) < 4.78 is 50.7. The SMILES string of the molecule is CCC(CC)(OCC(O)COc1ccc(C2(c3ccc(C(CC)(CC)OCC4CS4)cc3)CC(c3ccccc3)c3cc4c(cc32)OCO4)cc1)c1ccc(C2(c3ccc(OCC4CS4)cc3)CC(c3ccccc3)c3cc4c(cc32)OCO4)cc1. The Morgan fingerprint density at radius 3 is 1.27 bits per heavy atom. The Bertz CT molecular complexity index is 3660. The van der Waals surface area contributed by atoms with Crippen LogP contribution in [0.15, 0.2) is 182 Å². The van der Waals surface area contributed by atoms with Gasteiger partial charge in [-0.3, -0.25) is 0 Å². The molecule has 1 N–H and O–H groups in total. The fraction of sp³-hybridized carbons (Fsp3) is 0.360. The molecule has 11 heteroatoms. The zero-order chi connectivity index (χ0) is 58.5. The molecule has 4 aliphatic heterocycles. The van der Waals surface area contributed by atoms with Gasteiger partial charge < -0.3 is 43.0 Å². The average molecular weight is 1190 g/mol. The summed E-state index contributed by atoms with van der Waals surface area (Å²) in [6.45, 7) is 10.9. The van der Waals surface area contributed by atoms with Crippen LogP contribution in [0.4, 0.5) is 0 Å². The third kappa shape index (κ3) is 10.4. The van der Waals surface area contributed by atoms with E-state index < -0.39 is 22.5 Å². The van der Waals surface area contributed by atoms with Crippen molar-refractivity contribution in [1.29, 1.82) is 0 Å². The summed E-state index contributed by atoms with van der Waals surface area (Å²) in [5, 5.41) is 12.9. The third-order valence-electron chi connectivity index (χ3n) is 19.8. The molecule has 0 saturated carbocycles. The first-order valence-corrected chi connectivity index (χ1v) is 33.1. The standard InChI is InChI=1S/C75H76O9S2/c1-5-72(6-2,51-19-23-53(24-20-51)75(56-29-33-59(34-30-56)78-43-60-45-85-60)40-65(50-17-13-10-14-18-50)63-36-69-71(38-67(63)75)82-48-80-69)83-42-57(76)41-77-58-31-27-55(28-32-58)74(54-25-21-52(22-26-54)73(7-3,8-4)84-44-61-46-86-61)39-64(49-15-11-9-12-16-49)62-35-68-70(37-66(62)74)81-47-79-68/h9-38,57,60-61,64-65,76H,5-8,39-48H2,1-4H3. The quantitative estimate of drug-likeness (QED) is 0.0586. The molecule has 2 saturated heterocycles. The third-order valence-corrected chi connectivity index (χ3v) is 21.6. The van der Waals surface area contributed by atoms with Gasteiger partial charge in [0.15, 0.2) is 23.0 Å². The molecule has 2 aliphatic carbocycles. The molecule has 0 radical (unpaired) electrons. The van der Waals surface area contributed by atoms with Crippen LogP contribution in [0.1, 0.15) is 145 Å². The minimum absolute atomic E-state index is 0.0707. The molecule has 442 valence electrons. The van der Waals surface area contributed by atoms with Crippen LogP contribution in [-0.4, -0.2) is 73.2 Å². The van der Waals surface area contributed by atoms with Crippen molar-refractivity contribution in [1.82, 2.24) is 0 Å². The van der Waals surface area contributed by atoms with Crippen molar-refractivity contribution in [3.63, 3.8) is 0 Å². The minimum atomic E-state index is -0.879. The monoisotopic (exact) mass is 1180 g/mol. The van der Waals surface area contributed by atoms with Crippen LogP contribution in [0.25, 0.3) is 0 Å². The predicted molar refractivity (Wildman–Crippen MR) is 342 cm³/mol. The molecular weight excluding hydrogens is 1110 g/mol. The highest BCUT2D eigenvalue weighted by Gasteiger charge is 2.50.